The van der Waals surface area contributed by atoms with Crippen LogP contribution in [0, 0.1) is 0 Å². The lowest BCUT2D eigenvalue weighted by Gasteiger charge is -2.27. The van der Waals surface area contributed by atoms with Gasteiger partial charge >= 0.3 is 0 Å². The monoisotopic (exact) mass is 645 g/mol. The maximum atomic E-state index is 6.93. The van der Waals surface area contributed by atoms with Crippen LogP contribution in [0.4, 0.5) is 17.1 Å². The predicted octanol–water partition coefficient (Wildman–Crippen LogP) is 14.0. The van der Waals surface area contributed by atoms with E-state index in [4.69, 9.17) is 4.42 Å². The highest BCUT2D eigenvalue weighted by molar-refractivity contribution is 7.26. The third-order valence-electron chi connectivity index (χ3n) is 9.92. The van der Waals surface area contributed by atoms with Crippen molar-refractivity contribution in [2.45, 2.75) is 12.8 Å². The molecule has 0 saturated carbocycles. The van der Waals surface area contributed by atoms with Crippen molar-refractivity contribution in [3.05, 3.63) is 169 Å². The smallest absolute Gasteiger partial charge is 0.145 e. The molecule has 10 rings (SSSR count). The SMILES string of the molecule is C1=CCCC(c2ccc(N(c3ccc(-c4ccccc4)cc3)c3cccc4c3sc3ccccc34)c3c2oc2cc4ccccc4cc23)=C1. The van der Waals surface area contributed by atoms with Crippen LogP contribution in [0.5, 0.6) is 0 Å². The Kier molecular flexibility index (Phi) is 6.53. The molecule has 0 bridgehead atoms. The van der Waals surface area contributed by atoms with Gasteiger partial charge in [0.1, 0.15) is 11.2 Å². The van der Waals surface area contributed by atoms with E-state index in [9.17, 15) is 0 Å². The van der Waals surface area contributed by atoms with E-state index >= 15 is 0 Å². The van der Waals surface area contributed by atoms with Crippen molar-refractivity contribution in [3.8, 4) is 11.1 Å². The highest BCUT2D eigenvalue weighted by Gasteiger charge is 2.25. The Bertz CT molecular complexity index is 2760. The van der Waals surface area contributed by atoms with E-state index in [1.807, 2.05) is 11.3 Å². The van der Waals surface area contributed by atoms with Gasteiger partial charge in [-0.25, -0.2) is 0 Å². The third kappa shape index (κ3) is 4.62. The topological polar surface area (TPSA) is 16.4 Å². The number of benzene rings is 7. The fourth-order valence-electron chi connectivity index (χ4n) is 7.56. The van der Waals surface area contributed by atoms with E-state index in [-0.39, 0.29) is 0 Å². The number of hydrogen-bond acceptors (Lipinski definition) is 3. The molecule has 2 aromatic heterocycles. The molecule has 0 radical (unpaired) electrons. The van der Waals surface area contributed by atoms with Gasteiger partial charge in [0, 0.05) is 32.1 Å². The Morgan fingerprint density at radius 2 is 1.35 bits per heavy atom. The second-order valence-electron chi connectivity index (χ2n) is 12.8. The van der Waals surface area contributed by atoms with Crippen molar-refractivity contribution in [1.29, 1.82) is 0 Å². The van der Waals surface area contributed by atoms with Gasteiger partial charge in [-0.05, 0) is 88.8 Å². The minimum atomic E-state index is 0.911. The maximum absolute atomic E-state index is 6.93. The quantitative estimate of drug-likeness (QED) is 0.185. The Morgan fingerprint density at radius 3 is 2.18 bits per heavy atom. The molecule has 0 fully saturated rings. The van der Waals surface area contributed by atoms with Gasteiger partial charge in [-0.2, -0.15) is 0 Å². The molecule has 0 amide bonds. The summed E-state index contributed by atoms with van der Waals surface area (Å²) in [6.45, 7) is 0. The van der Waals surface area contributed by atoms with Gasteiger partial charge in [-0.1, -0.05) is 115 Å². The highest BCUT2D eigenvalue weighted by atomic mass is 32.1. The molecule has 0 spiro atoms. The maximum Gasteiger partial charge on any atom is 0.145 e. The molecule has 1 aliphatic carbocycles. The summed E-state index contributed by atoms with van der Waals surface area (Å²) < 4.78 is 9.49. The molecule has 2 heterocycles. The average Bonchev–Trinajstić information content (AvgIpc) is 3.74. The molecule has 3 heteroatoms. The van der Waals surface area contributed by atoms with E-state index in [0.717, 1.165) is 51.8 Å². The van der Waals surface area contributed by atoms with Crippen molar-refractivity contribution in [3.63, 3.8) is 0 Å². The lowest BCUT2D eigenvalue weighted by atomic mass is 9.94. The van der Waals surface area contributed by atoms with Gasteiger partial charge in [0.25, 0.3) is 0 Å². The summed E-state index contributed by atoms with van der Waals surface area (Å²) in [5.41, 5.74) is 10.1. The molecule has 7 aromatic carbocycles. The first-order valence-corrected chi connectivity index (χ1v) is 17.7. The molecule has 2 nitrogen and oxygen atoms in total. The van der Waals surface area contributed by atoms with Crippen molar-refractivity contribution in [2.24, 2.45) is 0 Å². The minimum Gasteiger partial charge on any atom is -0.455 e. The number of rotatable bonds is 5. The number of thiophene rings is 1. The van der Waals surface area contributed by atoms with E-state index in [0.29, 0.717) is 0 Å². The molecule has 0 unspecified atom stereocenters. The van der Waals surface area contributed by atoms with Crippen LogP contribution in [0.1, 0.15) is 18.4 Å². The summed E-state index contributed by atoms with van der Waals surface area (Å²) in [6, 6.07) is 52.8. The highest BCUT2D eigenvalue weighted by Crippen LogP contribution is 2.50. The fourth-order valence-corrected chi connectivity index (χ4v) is 8.77. The lowest BCUT2D eigenvalue weighted by Crippen LogP contribution is -2.11. The van der Waals surface area contributed by atoms with E-state index in [1.165, 1.54) is 53.2 Å². The standard InChI is InChI=1S/C46H31NOS/c1-3-12-30(13-4-1)31-22-24-35(25-23-31)47(41-20-11-19-38-37-18-9-10-21-43(37)49-46(38)41)40-27-26-36(32-14-5-2-6-15-32)45-44(40)39-28-33-16-7-8-17-34(33)29-42(39)48-45/h1-5,7-14,16-29H,6,15H2. The van der Waals surface area contributed by atoms with Crippen molar-refractivity contribution >= 4 is 86.9 Å². The molecular weight excluding hydrogens is 615 g/mol. The molecule has 0 aliphatic heterocycles. The lowest BCUT2D eigenvalue weighted by molar-refractivity contribution is 0.668. The number of nitrogens with zero attached hydrogens (tertiary/aromatic N) is 1. The minimum absolute atomic E-state index is 0.911. The second-order valence-corrected chi connectivity index (χ2v) is 13.8. The average molecular weight is 646 g/mol. The van der Waals surface area contributed by atoms with Crippen LogP contribution in [0.15, 0.2) is 168 Å². The van der Waals surface area contributed by atoms with Gasteiger partial charge < -0.3 is 9.32 Å². The summed E-state index contributed by atoms with van der Waals surface area (Å²) >= 11 is 1.86. The van der Waals surface area contributed by atoms with E-state index in [2.05, 4.69) is 169 Å². The number of allylic oxidation sites excluding steroid dienone is 4. The molecular formula is C46H31NOS. The summed E-state index contributed by atoms with van der Waals surface area (Å²) in [4.78, 5) is 2.46. The summed E-state index contributed by atoms with van der Waals surface area (Å²) in [5.74, 6) is 0. The van der Waals surface area contributed by atoms with Crippen LogP contribution in [0.3, 0.4) is 0 Å². The Labute approximate surface area is 288 Å². The molecule has 0 saturated heterocycles. The van der Waals surface area contributed by atoms with Crippen molar-refractivity contribution in [2.75, 3.05) is 4.90 Å². The van der Waals surface area contributed by atoms with Crippen LogP contribution in [0.2, 0.25) is 0 Å². The molecule has 49 heavy (non-hydrogen) atoms. The first-order chi connectivity index (χ1) is 24.3. The fraction of sp³-hybridized carbons (Fsp3) is 0.0435. The van der Waals surface area contributed by atoms with Gasteiger partial charge in [-0.15, -0.1) is 11.3 Å². The van der Waals surface area contributed by atoms with Crippen LogP contribution < -0.4 is 4.90 Å². The third-order valence-corrected chi connectivity index (χ3v) is 11.1. The van der Waals surface area contributed by atoms with Crippen LogP contribution >= 0.6 is 11.3 Å². The van der Waals surface area contributed by atoms with E-state index < -0.39 is 0 Å². The summed E-state index contributed by atoms with van der Waals surface area (Å²) in [5, 5.41) is 7.23. The number of anilines is 3. The van der Waals surface area contributed by atoms with Gasteiger partial charge in [0.05, 0.1) is 21.5 Å². The number of furan rings is 1. The Morgan fingerprint density at radius 1 is 0.592 bits per heavy atom. The molecule has 9 aromatic rings. The molecule has 0 atom stereocenters. The predicted molar refractivity (Wildman–Crippen MR) is 211 cm³/mol. The first-order valence-electron chi connectivity index (χ1n) is 16.9. The first kappa shape index (κ1) is 28.1. The van der Waals surface area contributed by atoms with E-state index in [1.54, 1.807) is 0 Å². The van der Waals surface area contributed by atoms with Crippen LogP contribution in [-0.4, -0.2) is 0 Å². The second kappa shape index (κ2) is 11.4. The normalized spacial score (nSPS) is 13.2. The van der Waals surface area contributed by atoms with Gasteiger partial charge in [0.15, 0.2) is 0 Å². The van der Waals surface area contributed by atoms with Crippen molar-refractivity contribution in [1.82, 2.24) is 0 Å². The zero-order valence-corrected chi connectivity index (χ0v) is 27.6. The summed E-state index contributed by atoms with van der Waals surface area (Å²) in [6.07, 6.45) is 8.70. The van der Waals surface area contributed by atoms with Gasteiger partial charge in [0.2, 0.25) is 0 Å². The van der Waals surface area contributed by atoms with Gasteiger partial charge in [-0.3, -0.25) is 0 Å². The number of hydrogen-bond donors (Lipinski definition) is 0. The van der Waals surface area contributed by atoms with Crippen molar-refractivity contribution < 1.29 is 4.42 Å². The Hall–Kier alpha value is -5.90. The molecule has 232 valence electrons. The zero-order chi connectivity index (χ0) is 32.3. The summed E-state index contributed by atoms with van der Waals surface area (Å²) in [7, 11) is 0. The van der Waals surface area contributed by atoms with Crippen LogP contribution in [0.25, 0.3) is 69.6 Å². The molecule has 0 N–H and O–H groups in total. The Balaban J connectivity index is 1.29. The largest absolute Gasteiger partial charge is 0.455 e. The number of fused-ring (bicyclic) bond motifs is 7. The molecule has 1 aliphatic rings. The van der Waals surface area contributed by atoms with Crippen LogP contribution in [-0.2, 0) is 0 Å². The zero-order valence-electron chi connectivity index (χ0n) is 26.8.